The summed E-state index contributed by atoms with van der Waals surface area (Å²) in [4.78, 5) is 28.3. The van der Waals surface area contributed by atoms with E-state index in [2.05, 4.69) is 4.98 Å². The maximum absolute atomic E-state index is 12.0. The third kappa shape index (κ3) is 2.62. The Morgan fingerprint density at radius 2 is 2.35 bits per heavy atom. The number of rotatable bonds is 2. The van der Waals surface area contributed by atoms with Crippen LogP contribution in [-0.4, -0.2) is 52.2 Å². The smallest absolute Gasteiger partial charge is 0.334 e. The fourth-order valence-corrected chi connectivity index (χ4v) is 2.26. The molecule has 1 aliphatic heterocycles. The molecule has 6 nitrogen and oxygen atoms in total. The summed E-state index contributed by atoms with van der Waals surface area (Å²) in [7, 11) is 0. The maximum Gasteiger partial charge on any atom is 0.334 e. The van der Waals surface area contributed by atoms with Crippen LogP contribution in [0.15, 0.2) is 10.9 Å². The lowest BCUT2D eigenvalue weighted by Gasteiger charge is -2.34. The molecule has 0 radical (unpaired) electrons. The van der Waals surface area contributed by atoms with Crippen LogP contribution in [0.2, 0.25) is 0 Å². The molecule has 1 saturated heterocycles. The van der Waals surface area contributed by atoms with E-state index in [0.717, 1.165) is 0 Å². The number of carboxylic acid groups (broad SMARTS) is 1. The fraction of sp³-hybridized carbons (Fsp3) is 0.500. The molecule has 92 valence electrons. The molecular weight excluding hydrogens is 244 g/mol. The van der Waals surface area contributed by atoms with Gasteiger partial charge in [-0.3, -0.25) is 4.79 Å². The molecular formula is C10H12N2O4S. The number of thiazole rings is 1. The normalized spacial score (nSPS) is 24.6. The first-order chi connectivity index (χ1) is 8.08. The van der Waals surface area contributed by atoms with Gasteiger partial charge in [0.15, 0.2) is 6.10 Å². The van der Waals surface area contributed by atoms with Crippen LogP contribution in [0, 0.1) is 0 Å². The Morgan fingerprint density at radius 1 is 1.59 bits per heavy atom. The van der Waals surface area contributed by atoms with E-state index in [0.29, 0.717) is 12.2 Å². The van der Waals surface area contributed by atoms with Gasteiger partial charge < -0.3 is 14.7 Å². The van der Waals surface area contributed by atoms with Crippen LogP contribution in [0.5, 0.6) is 0 Å². The summed E-state index contributed by atoms with van der Waals surface area (Å²) in [5.74, 6) is -1.29. The van der Waals surface area contributed by atoms with Gasteiger partial charge in [0.25, 0.3) is 5.91 Å². The van der Waals surface area contributed by atoms with E-state index in [9.17, 15) is 9.59 Å². The highest BCUT2D eigenvalue weighted by Crippen LogP contribution is 2.14. The van der Waals surface area contributed by atoms with E-state index in [1.807, 2.05) is 0 Å². The number of ether oxygens (including phenoxy) is 1. The summed E-state index contributed by atoms with van der Waals surface area (Å²) >= 11 is 1.33. The zero-order valence-corrected chi connectivity index (χ0v) is 10.0. The fourth-order valence-electron chi connectivity index (χ4n) is 1.73. The van der Waals surface area contributed by atoms with E-state index >= 15 is 0 Å². The van der Waals surface area contributed by atoms with Crippen LogP contribution < -0.4 is 0 Å². The Bertz CT molecular complexity index is 420. The molecule has 0 aromatic carbocycles. The number of carbonyl (C=O) groups excluding carboxylic acids is 1. The number of carboxylic acids is 1. The second kappa shape index (κ2) is 4.80. The van der Waals surface area contributed by atoms with Crippen molar-refractivity contribution in [3.8, 4) is 0 Å². The quantitative estimate of drug-likeness (QED) is 0.831. The van der Waals surface area contributed by atoms with E-state index in [4.69, 9.17) is 9.84 Å². The van der Waals surface area contributed by atoms with Crippen molar-refractivity contribution < 1.29 is 19.4 Å². The number of aliphatic carboxylic acids is 1. The number of hydrogen-bond donors (Lipinski definition) is 1. The number of nitrogens with zero attached hydrogens (tertiary/aromatic N) is 2. The average Bonchev–Trinajstić information content (AvgIpc) is 2.80. The molecule has 7 heteroatoms. The molecule has 2 atom stereocenters. The summed E-state index contributed by atoms with van der Waals surface area (Å²) in [5.41, 5.74) is 1.93. The molecule has 1 amide bonds. The number of morpholine rings is 1. The molecule has 1 N–H and O–H groups in total. The molecule has 0 bridgehead atoms. The van der Waals surface area contributed by atoms with Crippen LogP contribution >= 0.6 is 11.3 Å². The Kier molecular flexibility index (Phi) is 3.39. The molecule has 0 aliphatic carbocycles. The van der Waals surface area contributed by atoms with Crippen molar-refractivity contribution in [2.45, 2.75) is 19.1 Å². The number of carbonyl (C=O) groups is 2. The van der Waals surface area contributed by atoms with Gasteiger partial charge >= 0.3 is 5.97 Å². The molecule has 1 aromatic rings. The van der Waals surface area contributed by atoms with E-state index in [1.54, 1.807) is 17.8 Å². The monoisotopic (exact) mass is 256 g/mol. The van der Waals surface area contributed by atoms with Crippen molar-refractivity contribution in [3.05, 3.63) is 16.6 Å². The van der Waals surface area contributed by atoms with Gasteiger partial charge in [0.1, 0.15) is 5.69 Å². The minimum Gasteiger partial charge on any atom is -0.479 e. The first-order valence-corrected chi connectivity index (χ1v) is 6.08. The Morgan fingerprint density at radius 3 is 2.94 bits per heavy atom. The number of hydrogen-bond acceptors (Lipinski definition) is 5. The summed E-state index contributed by atoms with van der Waals surface area (Å²) < 4.78 is 5.23. The summed E-state index contributed by atoms with van der Waals surface area (Å²) in [5, 5.41) is 10.6. The topological polar surface area (TPSA) is 79.7 Å². The average molecular weight is 256 g/mol. The number of amides is 1. The van der Waals surface area contributed by atoms with Crippen molar-refractivity contribution >= 4 is 23.2 Å². The van der Waals surface area contributed by atoms with Gasteiger partial charge in [-0.15, -0.1) is 11.3 Å². The van der Waals surface area contributed by atoms with Gasteiger partial charge in [-0.2, -0.15) is 0 Å². The predicted molar refractivity (Wildman–Crippen MR) is 60.0 cm³/mol. The van der Waals surface area contributed by atoms with Gasteiger partial charge in [0, 0.05) is 11.9 Å². The molecule has 1 aromatic heterocycles. The van der Waals surface area contributed by atoms with E-state index in [-0.39, 0.29) is 18.6 Å². The highest BCUT2D eigenvalue weighted by Gasteiger charge is 2.33. The standard InChI is InChI=1S/C10H12N2O4S/c1-6-2-12(3-8(16-6)10(14)15)9(13)7-4-17-5-11-7/h4-6,8H,2-3H2,1H3,(H,14,15)/t6-,8?/m1/s1. The van der Waals surface area contributed by atoms with Crippen LogP contribution in [0.4, 0.5) is 0 Å². The molecule has 1 unspecified atom stereocenters. The summed E-state index contributed by atoms with van der Waals surface area (Å²) in [6.45, 7) is 2.20. The molecule has 17 heavy (non-hydrogen) atoms. The summed E-state index contributed by atoms with van der Waals surface area (Å²) in [6.07, 6.45) is -1.24. The zero-order chi connectivity index (χ0) is 12.4. The second-order valence-electron chi connectivity index (χ2n) is 3.86. The van der Waals surface area contributed by atoms with Crippen LogP contribution in [0.1, 0.15) is 17.4 Å². The lowest BCUT2D eigenvalue weighted by atomic mass is 10.2. The minimum atomic E-state index is -1.05. The highest BCUT2D eigenvalue weighted by atomic mass is 32.1. The van der Waals surface area contributed by atoms with E-state index < -0.39 is 12.1 Å². The van der Waals surface area contributed by atoms with Crippen molar-refractivity contribution in [2.75, 3.05) is 13.1 Å². The second-order valence-corrected chi connectivity index (χ2v) is 4.58. The highest BCUT2D eigenvalue weighted by molar-refractivity contribution is 7.07. The zero-order valence-electron chi connectivity index (χ0n) is 9.20. The first-order valence-electron chi connectivity index (χ1n) is 5.13. The third-order valence-electron chi connectivity index (χ3n) is 2.47. The van der Waals surface area contributed by atoms with Gasteiger partial charge in [0.2, 0.25) is 0 Å². The Labute approximate surface area is 102 Å². The molecule has 2 rings (SSSR count). The third-order valence-corrected chi connectivity index (χ3v) is 3.06. The van der Waals surface area contributed by atoms with E-state index in [1.165, 1.54) is 16.2 Å². The Balaban J connectivity index is 2.10. The lowest BCUT2D eigenvalue weighted by Crippen LogP contribution is -2.51. The number of aromatic nitrogens is 1. The first kappa shape index (κ1) is 12.0. The largest absolute Gasteiger partial charge is 0.479 e. The van der Waals surface area contributed by atoms with Gasteiger partial charge in [-0.05, 0) is 6.92 Å². The molecule has 1 fully saturated rings. The Hall–Kier alpha value is -1.47. The van der Waals surface area contributed by atoms with Crippen LogP contribution in [0.3, 0.4) is 0 Å². The van der Waals surface area contributed by atoms with Crippen LogP contribution in [0.25, 0.3) is 0 Å². The summed E-state index contributed by atoms with van der Waals surface area (Å²) in [6, 6.07) is 0. The van der Waals surface area contributed by atoms with Gasteiger partial charge in [0.05, 0.1) is 18.2 Å². The van der Waals surface area contributed by atoms with Crippen molar-refractivity contribution in [2.24, 2.45) is 0 Å². The molecule has 0 saturated carbocycles. The molecule has 0 spiro atoms. The van der Waals surface area contributed by atoms with Crippen molar-refractivity contribution in [1.82, 2.24) is 9.88 Å². The lowest BCUT2D eigenvalue weighted by molar-refractivity contribution is -0.160. The predicted octanol–water partition coefficient (Wildman–Crippen LogP) is 0.457. The van der Waals surface area contributed by atoms with Crippen molar-refractivity contribution in [3.63, 3.8) is 0 Å². The molecule has 1 aliphatic rings. The van der Waals surface area contributed by atoms with Crippen molar-refractivity contribution in [1.29, 1.82) is 0 Å². The minimum absolute atomic E-state index is 0.0655. The van der Waals surface area contributed by atoms with Crippen LogP contribution in [-0.2, 0) is 9.53 Å². The maximum atomic E-state index is 12.0. The van der Waals surface area contributed by atoms with Gasteiger partial charge in [-0.1, -0.05) is 0 Å². The molecule has 2 heterocycles. The van der Waals surface area contributed by atoms with Gasteiger partial charge in [-0.25, -0.2) is 9.78 Å². The SMILES string of the molecule is C[C@@H]1CN(C(=O)c2cscn2)CC(C(=O)O)O1.